The number of nitrogens with two attached hydrogens (primary N) is 1. The second kappa shape index (κ2) is 4.84. The number of piperidine rings is 1. The van der Waals surface area contributed by atoms with Crippen LogP contribution in [0.4, 0.5) is 0 Å². The van der Waals surface area contributed by atoms with Gasteiger partial charge in [0.2, 0.25) is 0 Å². The van der Waals surface area contributed by atoms with Gasteiger partial charge in [-0.25, -0.2) is 0 Å². The third-order valence-electron chi connectivity index (χ3n) is 3.68. The number of rotatable bonds is 2. The Labute approximate surface area is 102 Å². The van der Waals surface area contributed by atoms with Gasteiger partial charge in [0.25, 0.3) is 5.91 Å². The third kappa shape index (κ3) is 2.64. The second-order valence-corrected chi connectivity index (χ2v) is 5.04. The van der Waals surface area contributed by atoms with E-state index in [1.165, 1.54) is 0 Å². The van der Waals surface area contributed by atoms with Gasteiger partial charge in [-0.1, -0.05) is 6.92 Å². The molecule has 0 atom stereocenters. The van der Waals surface area contributed by atoms with E-state index in [2.05, 4.69) is 11.9 Å². The maximum Gasteiger partial charge on any atom is 0.253 e. The first-order valence-corrected chi connectivity index (χ1v) is 6.04. The van der Waals surface area contributed by atoms with Crippen LogP contribution in [0.3, 0.4) is 0 Å². The van der Waals surface area contributed by atoms with Crippen LogP contribution in [0.15, 0.2) is 24.5 Å². The Bertz CT molecular complexity index is 383. The summed E-state index contributed by atoms with van der Waals surface area (Å²) in [6.45, 7) is 4.50. The lowest BCUT2D eigenvalue weighted by Crippen LogP contribution is -2.44. The molecule has 1 aromatic heterocycles. The molecular formula is C13H19N3O. The Kier molecular flexibility index (Phi) is 3.43. The van der Waals surface area contributed by atoms with E-state index < -0.39 is 0 Å². The highest BCUT2D eigenvalue weighted by Gasteiger charge is 2.30. The van der Waals surface area contributed by atoms with Gasteiger partial charge in [-0.05, 0) is 36.9 Å². The van der Waals surface area contributed by atoms with Crippen molar-refractivity contribution in [2.24, 2.45) is 11.1 Å². The molecule has 1 amide bonds. The van der Waals surface area contributed by atoms with Gasteiger partial charge in [0, 0.05) is 31.0 Å². The predicted octanol–water partition coefficient (Wildman–Crippen LogP) is 1.28. The van der Waals surface area contributed by atoms with Gasteiger partial charge in [-0.15, -0.1) is 0 Å². The molecule has 1 aliphatic heterocycles. The molecule has 0 radical (unpaired) electrons. The maximum absolute atomic E-state index is 12.2. The first kappa shape index (κ1) is 12.0. The summed E-state index contributed by atoms with van der Waals surface area (Å²) in [5, 5.41) is 0. The molecule has 1 fully saturated rings. The molecule has 4 heteroatoms. The zero-order valence-electron chi connectivity index (χ0n) is 10.2. The van der Waals surface area contributed by atoms with Gasteiger partial charge in [-0.2, -0.15) is 0 Å². The van der Waals surface area contributed by atoms with Crippen molar-refractivity contribution in [1.29, 1.82) is 0 Å². The minimum Gasteiger partial charge on any atom is -0.339 e. The Morgan fingerprint density at radius 1 is 1.41 bits per heavy atom. The van der Waals surface area contributed by atoms with Crippen molar-refractivity contribution in [3.63, 3.8) is 0 Å². The summed E-state index contributed by atoms with van der Waals surface area (Å²) in [5.74, 6) is 0.103. The average molecular weight is 233 g/mol. The van der Waals surface area contributed by atoms with Gasteiger partial charge in [0.15, 0.2) is 0 Å². The highest BCUT2D eigenvalue weighted by Crippen LogP contribution is 2.29. The number of likely N-dealkylation sites (tertiary alicyclic amines) is 1. The van der Waals surface area contributed by atoms with Crippen molar-refractivity contribution in [1.82, 2.24) is 9.88 Å². The van der Waals surface area contributed by atoms with Gasteiger partial charge >= 0.3 is 0 Å². The molecule has 1 aromatic rings. The van der Waals surface area contributed by atoms with E-state index in [1.807, 2.05) is 4.90 Å². The normalized spacial score (nSPS) is 19.1. The first-order valence-electron chi connectivity index (χ1n) is 6.04. The number of carbonyl (C=O) groups is 1. The molecule has 0 bridgehead atoms. The average Bonchev–Trinajstić information content (AvgIpc) is 2.40. The SMILES string of the molecule is CC1(CN)CCN(C(=O)c2ccncc2)CC1. The van der Waals surface area contributed by atoms with Crippen LogP contribution < -0.4 is 5.73 Å². The van der Waals surface area contributed by atoms with Crippen LogP contribution in [-0.4, -0.2) is 35.4 Å². The highest BCUT2D eigenvalue weighted by molar-refractivity contribution is 5.94. The fourth-order valence-corrected chi connectivity index (χ4v) is 2.13. The molecule has 92 valence electrons. The number of hydrogen-bond donors (Lipinski definition) is 1. The molecule has 2 N–H and O–H groups in total. The van der Waals surface area contributed by atoms with Crippen molar-refractivity contribution < 1.29 is 4.79 Å². The van der Waals surface area contributed by atoms with Gasteiger partial charge < -0.3 is 10.6 Å². The minimum atomic E-state index is 0.103. The second-order valence-electron chi connectivity index (χ2n) is 5.04. The summed E-state index contributed by atoms with van der Waals surface area (Å²) in [4.78, 5) is 18.0. The van der Waals surface area contributed by atoms with Crippen LogP contribution in [0.1, 0.15) is 30.1 Å². The number of hydrogen-bond acceptors (Lipinski definition) is 3. The Morgan fingerprint density at radius 3 is 2.53 bits per heavy atom. The lowest BCUT2D eigenvalue weighted by Gasteiger charge is -2.38. The summed E-state index contributed by atoms with van der Waals surface area (Å²) < 4.78 is 0. The van der Waals surface area contributed by atoms with Crippen LogP contribution >= 0.6 is 0 Å². The molecule has 0 aliphatic carbocycles. The highest BCUT2D eigenvalue weighted by atomic mass is 16.2. The molecule has 4 nitrogen and oxygen atoms in total. The quantitative estimate of drug-likeness (QED) is 0.837. The Hall–Kier alpha value is -1.42. The van der Waals surface area contributed by atoms with Crippen LogP contribution in [0.25, 0.3) is 0 Å². The van der Waals surface area contributed by atoms with E-state index in [0.29, 0.717) is 6.54 Å². The molecule has 0 aromatic carbocycles. The van der Waals surface area contributed by atoms with Crippen LogP contribution in [0.2, 0.25) is 0 Å². The van der Waals surface area contributed by atoms with Crippen molar-refractivity contribution >= 4 is 5.91 Å². The van der Waals surface area contributed by atoms with E-state index in [1.54, 1.807) is 24.5 Å². The molecular weight excluding hydrogens is 214 g/mol. The maximum atomic E-state index is 12.2. The zero-order valence-corrected chi connectivity index (χ0v) is 10.2. The van der Waals surface area contributed by atoms with Crippen molar-refractivity contribution in [3.8, 4) is 0 Å². The largest absolute Gasteiger partial charge is 0.339 e. The molecule has 0 spiro atoms. The van der Waals surface area contributed by atoms with E-state index in [0.717, 1.165) is 31.5 Å². The fourth-order valence-electron chi connectivity index (χ4n) is 2.13. The lowest BCUT2D eigenvalue weighted by molar-refractivity contribution is 0.0617. The molecule has 1 saturated heterocycles. The first-order chi connectivity index (χ1) is 8.14. The third-order valence-corrected chi connectivity index (χ3v) is 3.68. The van der Waals surface area contributed by atoms with Crippen LogP contribution in [0.5, 0.6) is 0 Å². The minimum absolute atomic E-state index is 0.103. The summed E-state index contributed by atoms with van der Waals surface area (Å²) in [5.41, 5.74) is 6.68. The van der Waals surface area contributed by atoms with Gasteiger partial charge in [0.1, 0.15) is 0 Å². The molecule has 0 unspecified atom stereocenters. The molecule has 2 heterocycles. The van der Waals surface area contributed by atoms with Crippen molar-refractivity contribution in [2.75, 3.05) is 19.6 Å². The van der Waals surface area contributed by atoms with E-state index in [-0.39, 0.29) is 11.3 Å². The summed E-state index contributed by atoms with van der Waals surface area (Å²) in [7, 11) is 0. The lowest BCUT2D eigenvalue weighted by atomic mass is 9.80. The molecule has 0 saturated carbocycles. The van der Waals surface area contributed by atoms with Gasteiger partial charge in [0.05, 0.1) is 0 Å². The van der Waals surface area contributed by atoms with Crippen LogP contribution in [-0.2, 0) is 0 Å². The molecule has 17 heavy (non-hydrogen) atoms. The molecule has 1 aliphatic rings. The van der Waals surface area contributed by atoms with Gasteiger partial charge in [-0.3, -0.25) is 9.78 Å². The number of nitrogens with zero attached hydrogens (tertiary/aromatic N) is 2. The van der Waals surface area contributed by atoms with E-state index in [9.17, 15) is 4.79 Å². The zero-order chi connectivity index (χ0) is 12.3. The van der Waals surface area contributed by atoms with Crippen molar-refractivity contribution in [2.45, 2.75) is 19.8 Å². The Morgan fingerprint density at radius 2 is 2.00 bits per heavy atom. The summed E-state index contributed by atoms with van der Waals surface area (Å²) in [6.07, 6.45) is 5.28. The number of carbonyl (C=O) groups excluding carboxylic acids is 1. The Balaban J connectivity index is 2.00. The molecule has 2 rings (SSSR count). The smallest absolute Gasteiger partial charge is 0.253 e. The monoisotopic (exact) mass is 233 g/mol. The van der Waals surface area contributed by atoms with Crippen LogP contribution in [0, 0.1) is 5.41 Å². The summed E-state index contributed by atoms with van der Waals surface area (Å²) >= 11 is 0. The fraction of sp³-hybridized carbons (Fsp3) is 0.538. The number of aromatic nitrogens is 1. The van der Waals surface area contributed by atoms with E-state index >= 15 is 0 Å². The number of pyridine rings is 1. The van der Waals surface area contributed by atoms with E-state index in [4.69, 9.17) is 5.73 Å². The van der Waals surface area contributed by atoms with Crippen molar-refractivity contribution in [3.05, 3.63) is 30.1 Å². The predicted molar refractivity (Wildman–Crippen MR) is 66.5 cm³/mol. The standard InChI is InChI=1S/C13H19N3O/c1-13(10-14)4-8-16(9-5-13)12(17)11-2-6-15-7-3-11/h2-3,6-7H,4-5,8-10,14H2,1H3. The summed E-state index contributed by atoms with van der Waals surface area (Å²) in [6, 6.07) is 3.53. The number of amides is 1. The topological polar surface area (TPSA) is 59.2 Å².